The molecule has 2 atom stereocenters. The SMILES string of the molecule is CC1CCCC(c2nc(CC(=O)NCc3ccco3)no2)C1. The molecule has 0 bridgehead atoms. The van der Waals surface area contributed by atoms with Gasteiger partial charge in [-0.1, -0.05) is 24.9 Å². The zero-order valence-corrected chi connectivity index (χ0v) is 12.7. The average Bonchev–Trinajstić information content (AvgIpc) is 3.16. The lowest BCUT2D eigenvalue weighted by molar-refractivity contribution is -0.120. The normalized spacial score (nSPS) is 21.7. The molecule has 1 fully saturated rings. The van der Waals surface area contributed by atoms with Crippen LogP contribution in [0.3, 0.4) is 0 Å². The Balaban J connectivity index is 1.51. The summed E-state index contributed by atoms with van der Waals surface area (Å²) in [5.41, 5.74) is 0. The first-order valence-electron chi connectivity index (χ1n) is 7.82. The fourth-order valence-corrected chi connectivity index (χ4v) is 2.97. The first-order valence-corrected chi connectivity index (χ1v) is 7.82. The molecule has 1 amide bonds. The molecule has 2 heterocycles. The van der Waals surface area contributed by atoms with Crippen molar-refractivity contribution in [3.8, 4) is 0 Å². The molecule has 3 rings (SSSR count). The third kappa shape index (κ3) is 3.75. The van der Waals surface area contributed by atoms with Gasteiger partial charge in [-0.05, 0) is 30.9 Å². The van der Waals surface area contributed by atoms with Crippen molar-refractivity contribution in [2.75, 3.05) is 0 Å². The Morgan fingerprint density at radius 1 is 1.45 bits per heavy atom. The molecule has 118 valence electrons. The van der Waals surface area contributed by atoms with E-state index < -0.39 is 0 Å². The van der Waals surface area contributed by atoms with Crippen LogP contribution in [-0.4, -0.2) is 16.0 Å². The van der Waals surface area contributed by atoms with Crippen molar-refractivity contribution in [2.24, 2.45) is 5.92 Å². The highest BCUT2D eigenvalue weighted by Gasteiger charge is 2.25. The van der Waals surface area contributed by atoms with Crippen molar-refractivity contribution in [3.63, 3.8) is 0 Å². The van der Waals surface area contributed by atoms with E-state index in [0.717, 1.165) is 18.6 Å². The molecule has 0 aliphatic heterocycles. The molecule has 0 aromatic carbocycles. The zero-order chi connectivity index (χ0) is 15.4. The topological polar surface area (TPSA) is 81.2 Å². The van der Waals surface area contributed by atoms with Gasteiger partial charge in [-0.2, -0.15) is 4.98 Å². The molecule has 2 aromatic heterocycles. The summed E-state index contributed by atoms with van der Waals surface area (Å²) in [6.07, 6.45) is 6.37. The molecule has 1 aliphatic carbocycles. The first-order chi connectivity index (χ1) is 10.7. The monoisotopic (exact) mass is 303 g/mol. The van der Waals surface area contributed by atoms with E-state index in [-0.39, 0.29) is 12.3 Å². The van der Waals surface area contributed by atoms with Gasteiger partial charge in [0.15, 0.2) is 5.82 Å². The van der Waals surface area contributed by atoms with Crippen molar-refractivity contribution >= 4 is 5.91 Å². The van der Waals surface area contributed by atoms with E-state index in [1.165, 1.54) is 12.8 Å². The van der Waals surface area contributed by atoms with Crippen molar-refractivity contribution in [3.05, 3.63) is 35.9 Å². The quantitative estimate of drug-likeness (QED) is 0.918. The lowest BCUT2D eigenvalue weighted by Gasteiger charge is -2.23. The number of amides is 1. The maximum Gasteiger partial charge on any atom is 0.229 e. The summed E-state index contributed by atoms with van der Waals surface area (Å²) in [6, 6.07) is 3.61. The van der Waals surface area contributed by atoms with Crippen LogP contribution in [0.15, 0.2) is 27.3 Å². The number of carbonyl (C=O) groups is 1. The lowest BCUT2D eigenvalue weighted by Crippen LogP contribution is -2.24. The molecule has 2 unspecified atom stereocenters. The minimum absolute atomic E-state index is 0.131. The van der Waals surface area contributed by atoms with Crippen molar-refractivity contribution in [1.29, 1.82) is 0 Å². The Morgan fingerprint density at radius 2 is 2.36 bits per heavy atom. The summed E-state index contributed by atoms with van der Waals surface area (Å²) >= 11 is 0. The minimum Gasteiger partial charge on any atom is -0.467 e. The zero-order valence-electron chi connectivity index (χ0n) is 12.7. The molecule has 0 radical (unpaired) electrons. The number of carbonyl (C=O) groups excluding carboxylic acids is 1. The second-order valence-corrected chi connectivity index (χ2v) is 6.05. The van der Waals surface area contributed by atoms with Gasteiger partial charge in [-0.3, -0.25) is 4.79 Å². The smallest absolute Gasteiger partial charge is 0.229 e. The molecular weight excluding hydrogens is 282 g/mol. The van der Waals surface area contributed by atoms with Crippen LogP contribution >= 0.6 is 0 Å². The molecular formula is C16H21N3O3. The van der Waals surface area contributed by atoms with Crippen LogP contribution in [0.4, 0.5) is 0 Å². The van der Waals surface area contributed by atoms with E-state index in [4.69, 9.17) is 8.94 Å². The number of rotatable bonds is 5. The second-order valence-electron chi connectivity index (χ2n) is 6.05. The van der Waals surface area contributed by atoms with Gasteiger partial charge in [0.2, 0.25) is 11.8 Å². The average molecular weight is 303 g/mol. The third-order valence-corrected chi connectivity index (χ3v) is 4.13. The van der Waals surface area contributed by atoms with Crippen LogP contribution in [-0.2, 0) is 17.8 Å². The number of aromatic nitrogens is 2. The van der Waals surface area contributed by atoms with Crippen molar-refractivity contribution in [2.45, 2.75) is 51.5 Å². The Labute approximate surface area is 129 Å². The third-order valence-electron chi connectivity index (χ3n) is 4.13. The number of nitrogens with zero attached hydrogens (tertiary/aromatic N) is 2. The predicted octanol–water partition coefficient (Wildman–Crippen LogP) is 2.82. The van der Waals surface area contributed by atoms with E-state index in [1.807, 2.05) is 6.07 Å². The van der Waals surface area contributed by atoms with E-state index in [9.17, 15) is 4.79 Å². The number of hydrogen-bond acceptors (Lipinski definition) is 5. The van der Waals surface area contributed by atoms with Gasteiger partial charge in [0.05, 0.1) is 19.2 Å². The van der Waals surface area contributed by atoms with Gasteiger partial charge in [0.25, 0.3) is 0 Å². The lowest BCUT2D eigenvalue weighted by atomic mass is 9.82. The summed E-state index contributed by atoms with van der Waals surface area (Å²) in [7, 11) is 0. The number of furan rings is 1. The maximum atomic E-state index is 11.9. The summed E-state index contributed by atoms with van der Waals surface area (Å²) in [4.78, 5) is 16.3. The molecule has 6 nitrogen and oxygen atoms in total. The second kappa shape index (κ2) is 6.77. The summed E-state index contributed by atoms with van der Waals surface area (Å²) in [5, 5.41) is 6.71. The van der Waals surface area contributed by atoms with Crippen LogP contribution in [0, 0.1) is 5.92 Å². The van der Waals surface area contributed by atoms with E-state index in [2.05, 4.69) is 22.4 Å². The number of hydrogen-bond donors (Lipinski definition) is 1. The fourth-order valence-electron chi connectivity index (χ4n) is 2.97. The highest BCUT2D eigenvalue weighted by Crippen LogP contribution is 2.34. The standard InChI is InChI=1S/C16H21N3O3/c1-11-4-2-5-12(8-11)16-18-14(19-22-16)9-15(20)17-10-13-6-3-7-21-13/h3,6-7,11-12H,2,4-5,8-10H2,1H3,(H,17,20). The highest BCUT2D eigenvalue weighted by molar-refractivity contribution is 5.77. The van der Waals surface area contributed by atoms with Gasteiger partial charge >= 0.3 is 0 Å². The van der Waals surface area contributed by atoms with Crippen LogP contribution < -0.4 is 5.32 Å². The molecule has 1 N–H and O–H groups in total. The molecule has 2 aromatic rings. The van der Waals surface area contributed by atoms with Gasteiger partial charge in [-0.15, -0.1) is 0 Å². The number of nitrogens with one attached hydrogen (secondary N) is 1. The maximum absolute atomic E-state index is 11.9. The molecule has 1 aliphatic rings. The van der Waals surface area contributed by atoms with E-state index in [1.54, 1.807) is 12.3 Å². The summed E-state index contributed by atoms with van der Waals surface area (Å²) in [6.45, 7) is 2.63. The van der Waals surface area contributed by atoms with E-state index >= 15 is 0 Å². The van der Waals surface area contributed by atoms with Crippen LogP contribution in [0.25, 0.3) is 0 Å². The van der Waals surface area contributed by atoms with E-state index in [0.29, 0.717) is 30.1 Å². The van der Waals surface area contributed by atoms with Crippen LogP contribution in [0.5, 0.6) is 0 Å². The molecule has 6 heteroatoms. The van der Waals surface area contributed by atoms with Gasteiger partial charge in [0.1, 0.15) is 5.76 Å². The summed E-state index contributed by atoms with van der Waals surface area (Å²) < 4.78 is 10.5. The van der Waals surface area contributed by atoms with Crippen LogP contribution in [0.2, 0.25) is 0 Å². The van der Waals surface area contributed by atoms with Crippen LogP contribution in [0.1, 0.15) is 56.0 Å². The highest BCUT2D eigenvalue weighted by atomic mass is 16.5. The van der Waals surface area contributed by atoms with Gasteiger partial charge < -0.3 is 14.3 Å². The van der Waals surface area contributed by atoms with Crippen molar-refractivity contribution < 1.29 is 13.7 Å². The molecule has 1 saturated carbocycles. The van der Waals surface area contributed by atoms with Crippen molar-refractivity contribution in [1.82, 2.24) is 15.5 Å². The Bertz CT molecular complexity index is 606. The Kier molecular flexibility index (Phi) is 4.56. The predicted molar refractivity (Wildman–Crippen MR) is 78.9 cm³/mol. The molecule has 0 spiro atoms. The first kappa shape index (κ1) is 14.8. The Morgan fingerprint density at radius 3 is 3.14 bits per heavy atom. The van der Waals surface area contributed by atoms with Gasteiger partial charge in [0, 0.05) is 5.92 Å². The molecule has 0 saturated heterocycles. The minimum atomic E-state index is -0.138. The Hall–Kier alpha value is -2.11. The summed E-state index contributed by atoms with van der Waals surface area (Å²) in [5.74, 6) is 2.76. The largest absolute Gasteiger partial charge is 0.467 e. The molecule has 22 heavy (non-hydrogen) atoms. The fraction of sp³-hybridized carbons (Fsp3) is 0.562. The van der Waals surface area contributed by atoms with Gasteiger partial charge in [-0.25, -0.2) is 0 Å².